The minimum Gasteiger partial charge on any atom is -0.497 e. The summed E-state index contributed by atoms with van der Waals surface area (Å²) in [6.07, 6.45) is -2.30. The van der Waals surface area contributed by atoms with Crippen LogP contribution in [0.4, 0.5) is 5.69 Å². The third-order valence-corrected chi connectivity index (χ3v) is 3.34. The summed E-state index contributed by atoms with van der Waals surface area (Å²) in [6.45, 7) is 4.80. The number of nitrogens with zero attached hydrogens (tertiary/aromatic N) is 1. The largest absolute Gasteiger partial charge is 0.497 e. The number of carboxylic acid groups (broad SMARTS) is 1. The minimum atomic E-state index is -1.22. The zero-order chi connectivity index (χ0) is 18.8. The van der Waals surface area contributed by atoms with Crippen LogP contribution in [-0.4, -0.2) is 54.4 Å². The second kappa shape index (κ2) is 7.10. The van der Waals surface area contributed by atoms with Crippen molar-refractivity contribution in [2.45, 2.75) is 38.6 Å². The molecule has 0 bridgehead atoms. The molecule has 2 atom stereocenters. The van der Waals surface area contributed by atoms with Crippen LogP contribution >= 0.6 is 0 Å². The molecular weight excluding hydrogens is 330 g/mol. The molecule has 1 aliphatic heterocycles. The van der Waals surface area contributed by atoms with Gasteiger partial charge in [-0.05, 0) is 45.0 Å². The van der Waals surface area contributed by atoms with E-state index < -0.39 is 35.7 Å². The average Bonchev–Trinajstić information content (AvgIpc) is 3.31. The van der Waals surface area contributed by atoms with Gasteiger partial charge in [-0.3, -0.25) is 14.5 Å². The molecule has 1 aliphatic rings. The smallest absolute Gasteiger partial charge is 0.336 e. The first kappa shape index (κ1) is 18.7. The van der Waals surface area contributed by atoms with Crippen molar-refractivity contribution in [1.29, 1.82) is 0 Å². The molecule has 1 aromatic rings. The normalized spacial score (nSPS) is 19.0. The predicted octanol–water partition coefficient (Wildman–Crippen LogP) is 1.22. The summed E-state index contributed by atoms with van der Waals surface area (Å²) in [4.78, 5) is 36.8. The van der Waals surface area contributed by atoms with Crippen molar-refractivity contribution in [1.82, 2.24) is 0 Å². The molecule has 1 aromatic carbocycles. The van der Waals surface area contributed by atoms with Crippen molar-refractivity contribution in [2.75, 3.05) is 18.6 Å². The number of anilines is 1. The lowest BCUT2D eigenvalue weighted by Gasteiger charge is -2.25. The van der Waals surface area contributed by atoms with Crippen LogP contribution in [0, 0.1) is 0 Å². The molecule has 1 heterocycles. The molecule has 0 saturated carbocycles. The van der Waals surface area contributed by atoms with Gasteiger partial charge in [0.05, 0.1) is 7.11 Å². The Bertz CT molecular complexity index is 663. The van der Waals surface area contributed by atoms with Crippen LogP contribution < -0.4 is 9.64 Å². The number of carboxylic acids is 1. The Morgan fingerprint density at radius 1 is 1.16 bits per heavy atom. The highest BCUT2D eigenvalue weighted by Gasteiger charge is 2.52. The Morgan fingerprint density at radius 3 is 2.20 bits per heavy atom. The second-order valence-corrected chi connectivity index (χ2v) is 6.52. The third-order valence-electron chi connectivity index (χ3n) is 3.34. The number of esters is 1. The average molecular weight is 351 g/mol. The number of amides is 1. The van der Waals surface area contributed by atoms with Gasteiger partial charge in [0, 0.05) is 5.69 Å². The fraction of sp³-hybridized carbons (Fsp3) is 0.471. The van der Waals surface area contributed by atoms with Crippen LogP contribution in [0.2, 0.25) is 0 Å². The SMILES string of the molecule is COc1ccc(N(CC(=O)OC(C)(C)C)C(=O)[C@@H]2OC2C(=O)O)cc1. The van der Waals surface area contributed by atoms with Crippen molar-refractivity contribution in [3.8, 4) is 5.75 Å². The molecule has 136 valence electrons. The Morgan fingerprint density at radius 2 is 1.76 bits per heavy atom. The van der Waals surface area contributed by atoms with E-state index in [9.17, 15) is 14.4 Å². The highest BCUT2D eigenvalue weighted by Crippen LogP contribution is 2.28. The van der Waals surface area contributed by atoms with Gasteiger partial charge in [0.2, 0.25) is 0 Å². The topological polar surface area (TPSA) is 106 Å². The van der Waals surface area contributed by atoms with Crippen LogP contribution in [0.15, 0.2) is 24.3 Å². The Balaban J connectivity index is 2.20. The van der Waals surface area contributed by atoms with Crippen molar-refractivity contribution in [3.05, 3.63) is 24.3 Å². The summed E-state index contributed by atoms with van der Waals surface area (Å²) in [5.41, 5.74) is -0.290. The monoisotopic (exact) mass is 351 g/mol. The molecule has 25 heavy (non-hydrogen) atoms. The molecule has 0 aliphatic carbocycles. The van der Waals surface area contributed by atoms with E-state index >= 15 is 0 Å². The summed E-state index contributed by atoms with van der Waals surface area (Å²) in [5.74, 6) is -1.85. The van der Waals surface area contributed by atoms with E-state index in [0.29, 0.717) is 11.4 Å². The number of ether oxygens (including phenoxy) is 3. The molecule has 1 fully saturated rings. The van der Waals surface area contributed by atoms with Crippen LogP contribution in [0.5, 0.6) is 5.75 Å². The van der Waals surface area contributed by atoms with Gasteiger partial charge >= 0.3 is 11.9 Å². The molecule has 2 rings (SSSR count). The lowest BCUT2D eigenvalue weighted by atomic mass is 10.2. The second-order valence-electron chi connectivity index (χ2n) is 6.52. The molecule has 8 heteroatoms. The molecule has 1 amide bonds. The van der Waals surface area contributed by atoms with Gasteiger partial charge in [-0.25, -0.2) is 4.79 Å². The number of carbonyl (C=O) groups excluding carboxylic acids is 2. The summed E-state index contributed by atoms with van der Waals surface area (Å²) >= 11 is 0. The van der Waals surface area contributed by atoms with E-state index in [1.54, 1.807) is 45.0 Å². The zero-order valence-corrected chi connectivity index (χ0v) is 14.5. The van der Waals surface area contributed by atoms with Gasteiger partial charge in [0.25, 0.3) is 5.91 Å². The van der Waals surface area contributed by atoms with E-state index in [4.69, 9.17) is 19.3 Å². The number of hydrogen-bond acceptors (Lipinski definition) is 6. The van der Waals surface area contributed by atoms with Gasteiger partial charge in [-0.1, -0.05) is 0 Å². The Hall–Kier alpha value is -2.61. The maximum atomic E-state index is 12.6. The molecule has 1 N–H and O–H groups in total. The zero-order valence-electron chi connectivity index (χ0n) is 14.5. The number of carbonyl (C=O) groups is 3. The number of rotatable bonds is 6. The highest BCUT2D eigenvalue weighted by molar-refractivity contribution is 6.04. The molecule has 1 unspecified atom stereocenters. The van der Waals surface area contributed by atoms with Gasteiger partial charge < -0.3 is 19.3 Å². The number of hydrogen-bond donors (Lipinski definition) is 1. The third kappa shape index (κ3) is 4.93. The Kier molecular flexibility index (Phi) is 5.32. The van der Waals surface area contributed by atoms with E-state index in [1.165, 1.54) is 7.11 Å². The maximum absolute atomic E-state index is 12.6. The van der Waals surface area contributed by atoms with E-state index in [1.807, 2.05) is 0 Å². The summed E-state index contributed by atoms with van der Waals surface area (Å²) in [5, 5.41) is 8.92. The summed E-state index contributed by atoms with van der Waals surface area (Å²) < 4.78 is 15.2. The molecule has 8 nitrogen and oxygen atoms in total. The first-order valence-electron chi connectivity index (χ1n) is 7.68. The minimum absolute atomic E-state index is 0.353. The maximum Gasteiger partial charge on any atom is 0.336 e. The van der Waals surface area contributed by atoms with Crippen molar-refractivity contribution >= 4 is 23.5 Å². The van der Waals surface area contributed by atoms with Crippen LogP contribution in [0.3, 0.4) is 0 Å². The quantitative estimate of drug-likeness (QED) is 0.607. The first-order chi connectivity index (χ1) is 11.6. The van der Waals surface area contributed by atoms with Crippen molar-refractivity contribution < 1.29 is 33.7 Å². The standard InChI is InChI=1S/C17H21NO7/c1-17(2,3)25-12(19)9-18(10-5-7-11(23-4)8-6-10)15(20)13-14(24-13)16(21)22/h5-8,13-14H,9H2,1-4H3,(H,21,22)/t13-,14?/m1/s1. The summed E-state index contributed by atoms with van der Waals surface area (Å²) in [6, 6.07) is 6.46. The number of aliphatic carboxylic acids is 1. The predicted molar refractivity (Wildman–Crippen MR) is 87.5 cm³/mol. The van der Waals surface area contributed by atoms with E-state index in [2.05, 4.69) is 0 Å². The molecule has 0 radical (unpaired) electrons. The fourth-order valence-corrected chi connectivity index (χ4v) is 2.20. The van der Waals surface area contributed by atoms with Crippen LogP contribution in [-0.2, 0) is 23.9 Å². The number of epoxide rings is 1. The lowest BCUT2D eigenvalue weighted by molar-refractivity contribution is -0.153. The number of methoxy groups -OCH3 is 1. The lowest BCUT2D eigenvalue weighted by Crippen LogP contribution is -2.41. The Labute approximate surface area is 145 Å². The summed E-state index contributed by atoms with van der Waals surface area (Å²) in [7, 11) is 1.51. The van der Waals surface area contributed by atoms with E-state index in [-0.39, 0.29) is 6.54 Å². The van der Waals surface area contributed by atoms with Crippen molar-refractivity contribution in [2.24, 2.45) is 0 Å². The molecule has 1 saturated heterocycles. The van der Waals surface area contributed by atoms with Gasteiger partial charge in [-0.2, -0.15) is 0 Å². The van der Waals surface area contributed by atoms with Gasteiger partial charge in [0.1, 0.15) is 17.9 Å². The molecular formula is C17H21NO7. The van der Waals surface area contributed by atoms with Crippen LogP contribution in [0.1, 0.15) is 20.8 Å². The number of benzene rings is 1. The fourth-order valence-electron chi connectivity index (χ4n) is 2.20. The first-order valence-corrected chi connectivity index (χ1v) is 7.68. The van der Waals surface area contributed by atoms with Crippen LogP contribution in [0.25, 0.3) is 0 Å². The molecule has 0 aromatic heterocycles. The van der Waals surface area contributed by atoms with Gasteiger partial charge in [-0.15, -0.1) is 0 Å². The van der Waals surface area contributed by atoms with Gasteiger partial charge in [0.15, 0.2) is 12.2 Å². The molecule has 0 spiro atoms. The van der Waals surface area contributed by atoms with Crippen molar-refractivity contribution in [3.63, 3.8) is 0 Å². The highest BCUT2D eigenvalue weighted by atomic mass is 16.6. The van der Waals surface area contributed by atoms with E-state index in [0.717, 1.165) is 4.90 Å².